The van der Waals surface area contributed by atoms with Gasteiger partial charge in [-0.2, -0.15) is 0 Å². The summed E-state index contributed by atoms with van der Waals surface area (Å²) in [6.45, 7) is 2.72. The van der Waals surface area contributed by atoms with E-state index < -0.39 is 0 Å². The van der Waals surface area contributed by atoms with Gasteiger partial charge in [0, 0.05) is 25.1 Å². The average Bonchev–Trinajstić information content (AvgIpc) is 2.18. The number of pyridine rings is 1. The van der Waals surface area contributed by atoms with Crippen molar-refractivity contribution in [3.8, 4) is 0 Å². The molecule has 0 aromatic carbocycles. The van der Waals surface area contributed by atoms with Gasteiger partial charge >= 0.3 is 0 Å². The lowest BCUT2D eigenvalue weighted by atomic mass is 10.1. The molecule has 0 unspecified atom stereocenters. The van der Waals surface area contributed by atoms with Crippen molar-refractivity contribution in [3.63, 3.8) is 0 Å². The van der Waals surface area contributed by atoms with Crippen LogP contribution in [0.15, 0.2) is 12.1 Å². The molecule has 5 nitrogen and oxygen atoms in total. The maximum absolute atomic E-state index is 10.9. The predicted molar refractivity (Wildman–Crippen MR) is 60.6 cm³/mol. The summed E-state index contributed by atoms with van der Waals surface area (Å²) in [4.78, 5) is 15.0. The Bertz CT molecular complexity index is 351. The van der Waals surface area contributed by atoms with Crippen LogP contribution in [0.2, 0.25) is 0 Å². The second kappa shape index (κ2) is 5.31. The van der Waals surface area contributed by atoms with Crippen molar-refractivity contribution in [3.05, 3.63) is 17.7 Å². The summed E-state index contributed by atoms with van der Waals surface area (Å²) in [6, 6.07) is 3.60. The zero-order valence-corrected chi connectivity index (χ0v) is 8.79. The Labute approximate surface area is 88.9 Å². The SMILES string of the molecule is CC(=O)Cc1ccc(NCCN)nc1N. The van der Waals surface area contributed by atoms with E-state index in [1.54, 1.807) is 6.07 Å². The van der Waals surface area contributed by atoms with Crippen LogP contribution < -0.4 is 16.8 Å². The minimum Gasteiger partial charge on any atom is -0.383 e. The molecule has 0 saturated carbocycles. The van der Waals surface area contributed by atoms with Crippen LogP contribution in [0.1, 0.15) is 12.5 Å². The number of hydrogen-bond donors (Lipinski definition) is 3. The van der Waals surface area contributed by atoms with Gasteiger partial charge in [0.25, 0.3) is 0 Å². The Morgan fingerprint density at radius 3 is 2.80 bits per heavy atom. The van der Waals surface area contributed by atoms with Crippen LogP contribution in [-0.4, -0.2) is 23.9 Å². The first-order chi connectivity index (χ1) is 7.13. The van der Waals surface area contributed by atoms with Crippen LogP contribution in [0, 0.1) is 0 Å². The van der Waals surface area contributed by atoms with E-state index in [1.165, 1.54) is 6.92 Å². The zero-order chi connectivity index (χ0) is 11.3. The number of carbonyl (C=O) groups is 1. The summed E-state index contributed by atoms with van der Waals surface area (Å²) < 4.78 is 0. The summed E-state index contributed by atoms with van der Waals surface area (Å²) in [6.07, 6.45) is 0.329. The van der Waals surface area contributed by atoms with E-state index in [4.69, 9.17) is 11.5 Å². The van der Waals surface area contributed by atoms with Crippen LogP contribution >= 0.6 is 0 Å². The molecule has 15 heavy (non-hydrogen) atoms. The number of aromatic nitrogens is 1. The highest BCUT2D eigenvalue weighted by Crippen LogP contribution is 2.13. The smallest absolute Gasteiger partial charge is 0.134 e. The molecule has 0 radical (unpaired) electrons. The van der Waals surface area contributed by atoms with Gasteiger partial charge in [0.05, 0.1) is 0 Å². The molecule has 0 bridgehead atoms. The molecular formula is C10H16N4O. The van der Waals surface area contributed by atoms with Crippen molar-refractivity contribution >= 4 is 17.4 Å². The molecule has 1 rings (SSSR count). The lowest BCUT2D eigenvalue weighted by Crippen LogP contribution is -2.14. The van der Waals surface area contributed by atoms with Crippen molar-refractivity contribution < 1.29 is 4.79 Å². The predicted octanol–water partition coefficient (Wildman–Crippen LogP) is 0.166. The van der Waals surface area contributed by atoms with Gasteiger partial charge in [-0.1, -0.05) is 6.07 Å². The molecule has 1 heterocycles. The Balaban J connectivity index is 2.74. The van der Waals surface area contributed by atoms with Crippen molar-refractivity contribution in [1.29, 1.82) is 0 Å². The van der Waals surface area contributed by atoms with Gasteiger partial charge in [0.2, 0.25) is 0 Å². The molecule has 1 aromatic heterocycles. The monoisotopic (exact) mass is 208 g/mol. The van der Waals surface area contributed by atoms with Crippen molar-refractivity contribution in [1.82, 2.24) is 4.98 Å². The lowest BCUT2D eigenvalue weighted by Gasteiger charge is -2.07. The van der Waals surface area contributed by atoms with E-state index >= 15 is 0 Å². The van der Waals surface area contributed by atoms with Crippen LogP contribution in [0.25, 0.3) is 0 Å². The van der Waals surface area contributed by atoms with Crippen LogP contribution in [-0.2, 0) is 11.2 Å². The molecule has 0 spiro atoms. The number of nitrogens with two attached hydrogens (primary N) is 2. The van der Waals surface area contributed by atoms with Crippen LogP contribution in [0.3, 0.4) is 0 Å². The van der Waals surface area contributed by atoms with Crippen molar-refractivity contribution in [2.45, 2.75) is 13.3 Å². The Morgan fingerprint density at radius 1 is 1.53 bits per heavy atom. The van der Waals surface area contributed by atoms with Gasteiger partial charge in [-0.3, -0.25) is 4.79 Å². The number of Topliss-reactive ketones (excluding diaryl/α,β-unsaturated/α-hetero) is 1. The normalized spacial score (nSPS) is 10.0. The van der Waals surface area contributed by atoms with E-state index in [0.717, 1.165) is 5.56 Å². The molecule has 0 atom stereocenters. The molecule has 0 aliphatic carbocycles. The lowest BCUT2D eigenvalue weighted by molar-refractivity contribution is -0.116. The standard InChI is InChI=1S/C10H16N4O/c1-7(15)6-8-2-3-9(13-5-4-11)14-10(8)12/h2-3H,4-6,11H2,1H3,(H3,12,13,14). The Morgan fingerprint density at radius 2 is 2.27 bits per heavy atom. The number of rotatable bonds is 5. The fourth-order valence-electron chi connectivity index (χ4n) is 1.22. The second-order valence-corrected chi connectivity index (χ2v) is 3.34. The Kier molecular flexibility index (Phi) is 4.05. The maximum Gasteiger partial charge on any atom is 0.134 e. The third kappa shape index (κ3) is 3.55. The summed E-state index contributed by atoms with van der Waals surface area (Å²) >= 11 is 0. The molecule has 1 aromatic rings. The largest absolute Gasteiger partial charge is 0.383 e. The summed E-state index contributed by atoms with van der Waals surface area (Å²) in [5.41, 5.74) is 11.8. The van der Waals surface area contributed by atoms with E-state index in [-0.39, 0.29) is 5.78 Å². The van der Waals surface area contributed by atoms with Gasteiger partial charge < -0.3 is 16.8 Å². The first-order valence-corrected chi connectivity index (χ1v) is 4.82. The maximum atomic E-state index is 10.9. The Hall–Kier alpha value is -1.62. The summed E-state index contributed by atoms with van der Waals surface area (Å²) in [7, 11) is 0. The third-order valence-corrected chi connectivity index (χ3v) is 1.90. The number of nitrogens with one attached hydrogen (secondary N) is 1. The average molecular weight is 208 g/mol. The van der Waals surface area contributed by atoms with E-state index in [9.17, 15) is 4.79 Å². The molecule has 0 amide bonds. The fraction of sp³-hybridized carbons (Fsp3) is 0.400. The number of hydrogen-bond acceptors (Lipinski definition) is 5. The molecule has 0 fully saturated rings. The molecule has 0 saturated heterocycles. The van der Waals surface area contributed by atoms with Crippen molar-refractivity contribution in [2.24, 2.45) is 5.73 Å². The minimum absolute atomic E-state index is 0.0752. The third-order valence-electron chi connectivity index (χ3n) is 1.90. The summed E-state index contributed by atoms with van der Waals surface area (Å²) in [5, 5.41) is 3.01. The number of nitrogen functional groups attached to an aromatic ring is 1. The zero-order valence-electron chi connectivity index (χ0n) is 8.79. The highest BCUT2D eigenvalue weighted by molar-refractivity contribution is 5.79. The van der Waals surface area contributed by atoms with Gasteiger partial charge in [-0.05, 0) is 13.0 Å². The molecule has 0 aliphatic heterocycles. The molecule has 5 heteroatoms. The van der Waals surface area contributed by atoms with E-state index in [2.05, 4.69) is 10.3 Å². The topological polar surface area (TPSA) is 94.0 Å². The van der Waals surface area contributed by atoms with Crippen LogP contribution in [0.5, 0.6) is 0 Å². The van der Waals surface area contributed by atoms with Gasteiger partial charge in [0.1, 0.15) is 17.4 Å². The molecule has 0 aliphatic rings. The number of ketones is 1. The van der Waals surface area contributed by atoms with Gasteiger partial charge in [-0.15, -0.1) is 0 Å². The highest BCUT2D eigenvalue weighted by atomic mass is 16.1. The number of nitrogens with zero attached hydrogens (tertiary/aromatic N) is 1. The molecule has 82 valence electrons. The molecular weight excluding hydrogens is 192 g/mol. The highest BCUT2D eigenvalue weighted by Gasteiger charge is 2.04. The minimum atomic E-state index is 0.0752. The van der Waals surface area contributed by atoms with E-state index in [1.807, 2.05) is 6.07 Å². The number of anilines is 2. The first-order valence-electron chi connectivity index (χ1n) is 4.82. The fourth-order valence-corrected chi connectivity index (χ4v) is 1.22. The van der Waals surface area contributed by atoms with Crippen molar-refractivity contribution in [2.75, 3.05) is 24.1 Å². The molecule has 5 N–H and O–H groups in total. The van der Waals surface area contributed by atoms with Gasteiger partial charge in [0.15, 0.2) is 0 Å². The van der Waals surface area contributed by atoms with Crippen LogP contribution in [0.4, 0.5) is 11.6 Å². The number of carbonyl (C=O) groups excluding carboxylic acids is 1. The van der Waals surface area contributed by atoms with E-state index in [0.29, 0.717) is 31.1 Å². The summed E-state index contributed by atoms with van der Waals surface area (Å²) in [5.74, 6) is 1.16. The quantitative estimate of drug-likeness (QED) is 0.641. The first kappa shape index (κ1) is 11.5. The second-order valence-electron chi connectivity index (χ2n) is 3.34. The van der Waals surface area contributed by atoms with Gasteiger partial charge in [-0.25, -0.2) is 4.98 Å².